The normalized spacial score (nSPS) is 21.3. The first-order chi connectivity index (χ1) is 11.4. The molecule has 0 spiro atoms. The lowest BCUT2D eigenvalue weighted by molar-refractivity contribution is 0.0935. The van der Waals surface area contributed by atoms with Gasteiger partial charge in [0.1, 0.15) is 23.5 Å². The summed E-state index contributed by atoms with van der Waals surface area (Å²) < 4.78 is 19.1. The van der Waals surface area contributed by atoms with Crippen LogP contribution in [0, 0.1) is 20.8 Å². The molecule has 7 nitrogen and oxygen atoms in total. The highest BCUT2D eigenvalue weighted by Gasteiger charge is 2.33. The second kappa shape index (κ2) is 6.72. The van der Waals surface area contributed by atoms with E-state index in [1.165, 1.54) is 6.20 Å². The molecule has 24 heavy (non-hydrogen) atoms. The number of carbonyl (C=O) groups is 1. The Kier molecular flexibility index (Phi) is 4.66. The fourth-order valence-electron chi connectivity index (χ4n) is 3.10. The summed E-state index contributed by atoms with van der Waals surface area (Å²) in [5.41, 5.74) is 2.23. The molecule has 1 aliphatic heterocycles. The Morgan fingerprint density at radius 2 is 2.29 bits per heavy atom. The highest BCUT2D eigenvalue weighted by atomic mass is 19.1. The Bertz CT molecular complexity index is 706. The van der Waals surface area contributed by atoms with Crippen LogP contribution in [0.5, 0.6) is 0 Å². The minimum absolute atomic E-state index is 0.0540. The van der Waals surface area contributed by atoms with E-state index in [0.29, 0.717) is 37.6 Å². The van der Waals surface area contributed by atoms with Crippen molar-refractivity contribution in [2.45, 2.75) is 46.0 Å². The molecule has 0 aromatic carbocycles. The number of aromatic nitrogens is 3. The van der Waals surface area contributed by atoms with Gasteiger partial charge in [-0.2, -0.15) is 0 Å². The zero-order valence-corrected chi connectivity index (χ0v) is 14.1. The molecular formula is C16H22FN5O2. The van der Waals surface area contributed by atoms with Crippen LogP contribution in [-0.4, -0.2) is 51.2 Å². The van der Waals surface area contributed by atoms with E-state index in [-0.39, 0.29) is 11.9 Å². The zero-order chi connectivity index (χ0) is 17.3. The van der Waals surface area contributed by atoms with Crippen LogP contribution in [0.1, 0.15) is 39.8 Å². The molecule has 8 heteroatoms. The van der Waals surface area contributed by atoms with Crippen LogP contribution in [0.25, 0.3) is 0 Å². The van der Waals surface area contributed by atoms with Gasteiger partial charge in [0, 0.05) is 31.2 Å². The van der Waals surface area contributed by atoms with E-state index in [0.717, 1.165) is 17.0 Å². The minimum atomic E-state index is -0.887. The van der Waals surface area contributed by atoms with Crippen molar-refractivity contribution < 1.29 is 13.7 Å². The molecule has 0 bridgehead atoms. The van der Waals surface area contributed by atoms with Crippen molar-refractivity contribution in [2.75, 3.05) is 13.1 Å². The third-order valence-corrected chi connectivity index (χ3v) is 4.47. The Balaban J connectivity index is 1.62. The Morgan fingerprint density at radius 3 is 2.92 bits per heavy atom. The number of H-pyrrole nitrogens is 1. The first-order valence-corrected chi connectivity index (χ1v) is 8.03. The second-order valence-electron chi connectivity index (χ2n) is 6.31. The third-order valence-electron chi connectivity index (χ3n) is 4.47. The quantitative estimate of drug-likeness (QED) is 0.868. The summed E-state index contributed by atoms with van der Waals surface area (Å²) in [5, 5.41) is 6.80. The Labute approximate surface area is 139 Å². The Hall–Kier alpha value is -2.22. The summed E-state index contributed by atoms with van der Waals surface area (Å²) >= 11 is 0. The van der Waals surface area contributed by atoms with E-state index in [9.17, 15) is 9.18 Å². The fraction of sp³-hybridized carbons (Fsp3) is 0.562. The van der Waals surface area contributed by atoms with E-state index in [2.05, 4.69) is 20.4 Å². The van der Waals surface area contributed by atoms with Crippen LogP contribution in [0.2, 0.25) is 0 Å². The van der Waals surface area contributed by atoms with Crippen molar-refractivity contribution in [3.63, 3.8) is 0 Å². The second-order valence-corrected chi connectivity index (χ2v) is 6.31. The maximum Gasteiger partial charge on any atom is 0.269 e. The summed E-state index contributed by atoms with van der Waals surface area (Å²) in [6, 6.07) is -0.0540. The molecule has 1 amide bonds. The summed E-state index contributed by atoms with van der Waals surface area (Å²) in [5.74, 6) is 1.21. The average molecular weight is 335 g/mol. The molecule has 3 heterocycles. The largest absolute Gasteiger partial charge is 0.361 e. The van der Waals surface area contributed by atoms with Crippen LogP contribution in [-0.2, 0) is 6.54 Å². The van der Waals surface area contributed by atoms with Crippen molar-refractivity contribution in [1.29, 1.82) is 0 Å². The minimum Gasteiger partial charge on any atom is -0.361 e. The van der Waals surface area contributed by atoms with Gasteiger partial charge in [-0.25, -0.2) is 9.37 Å². The molecule has 3 rings (SSSR count). The number of halogens is 1. The van der Waals surface area contributed by atoms with E-state index in [1.807, 2.05) is 18.7 Å². The van der Waals surface area contributed by atoms with Crippen LogP contribution in [0.3, 0.4) is 0 Å². The molecule has 0 aliphatic carbocycles. The fourth-order valence-corrected chi connectivity index (χ4v) is 3.10. The van der Waals surface area contributed by atoms with Crippen LogP contribution < -0.4 is 5.32 Å². The molecule has 0 radical (unpaired) electrons. The number of hydrogen-bond acceptors (Lipinski definition) is 5. The summed E-state index contributed by atoms with van der Waals surface area (Å²) in [4.78, 5) is 21.0. The number of hydrogen-bond donors (Lipinski definition) is 2. The molecule has 1 saturated heterocycles. The van der Waals surface area contributed by atoms with Gasteiger partial charge in [0.25, 0.3) is 5.91 Å². The Morgan fingerprint density at radius 1 is 1.50 bits per heavy atom. The maximum absolute atomic E-state index is 13.9. The van der Waals surface area contributed by atoms with Crippen LogP contribution in [0.4, 0.5) is 4.39 Å². The molecule has 0 unspecified atom stereocenters. The zero-order valence-electron chi connectivity index (χ0n) is 14.1. The lowest BCUT2D eigenvalue weighted by Gasteiger charge is -2.24. The number of nitrogens with one attached hydrogen (secondary N) is 2. The highest BCUT2D eigenvalue weighted by molar-refractivity contribution is 5.92. The standard InChI is InChI=1S/C16H22FN5O2/c1-9-14(10(2)24-21-9)8-22-7-12(17)4-13(22)5-19-16(23)15-6-18-11(3)20-15/h6,12-13H,4-5,7-8H2,1-3H3,(H,18,20)(H,19,23)/t12-,13-/m0/s1. The van der Waals surface area contributed by atoms with Gasteiger partial charge in [0.05, 0.1) is 11.9 Å². The third kappa shape index (κ3) is 3.48. The molecule has 1 fully saturated rings. The van der Waals surface area contributed by atoms with Crippen LogP contribution in [0.15, 0.2) is 10.7 Å². The lowest BCUT2D eigenvalue weighted by atomic mass is 10.1. The summed E-state index contributed by atoms with van der Waals surface area (Å²) in [6.07, 6.45) is 1.02. The first kappa shape index (κ1) is 16.6. The average Bonchev–Trinajstić information content (AvgIpc) is 3.20. The van der Waals surface area contributed by atoms with Gasteiger partial charge in [-0.05, 0) is 27.2 Å². The number of aryl methyl sites for hydroxylation is 3. The number of likely N-dealkylation sites (tertiary alicyclic amines) is 1. The predicted molar refractivity (Wildman–Crippen MR) is 85.3 cm³/mol. The van der Waals surface area contributed by atoms with E-state index in [1.54, 1.807) is 6.92 Å². The number of carbonyl (C=O) groups excluding carboxylic acids is 1. The van der Waals surface area contributed by atoms with Gasteiger partial charge in [-0.1, -0.05) is 5.16 Å². The monoisotopic (exact) mass is 335 g/mol. The summed E-state index contributed by atoms with van der Waals surface area (Å²) in [6.45, 7) is 6.84. The van der Waals surface area contributed by atoms with E-state index < -0.39 is 6.17 Å². The first-order valence-electron chi connectivity index (χ1n) is 8.03. The molecule has 2 N–H and O–H groups in total. The van der Waals surface area contributed by atoms with Gasteiger partial charge in [0.2, 0.25) is 0 Å². The topological polar surface area (TPSA) is 87.1 Å². The number of imidazole rings is 1. The lowest BCUT2D eigenvalue weighted by Crippen LogP contribution is -2.40. The van der Waals surface area contributed by atoms with Gasteiger partial charge < -0.3 is 14.8 Å². The van der Waals surface area contributed by atoms with Gasteiger partial charge in [-0.3, -0.25) is 9.69 Å². The molecule has 130 valence electrons. The predicted octanol–water partition coefficient (Wildman–Crippen LogP) is 1.67. The van der Waals surface area contributed by atoms with Crippen molar-refractivity contribution in [3.8, 4) is 0 Å². The molecule has 0 saturated carbocycles. The summed E-state index contributed by atoms with van der Waals surface area (Å²) in [7, 11) is 0. The number of rotatable bonds is 5. The van der Waals surface area contributed by atoms with E-state index >= 15 is 0 Å². The number of aromatic amines is 1. The molecule has 2 aromatic heterocycles. The van der Waals surface area contributed by atoms with Crippen molar-refractivity contribution in [1.82, 2.24) is 25.3 Å². The van der Waals surface area contributed by atoms with Crippen LogP contribution >= 0.6 is 0 Å². The van der Waals surface area contributed by atoms with E-state index in [4.69, 9.17) is 4.52 Å². The van der Waals surface area contributed by atoms with Gasteiger partial charge in [-0.15, -0.1) is 0 Å². The molecule has 2 aromatic rings. The van der Waals surface area contributed by atoms with Gasteiger partial charge >= 0.3 is 0 Å². The smallest absolute Gasteiger partial charge is 0.269 e. The van der Waals surface area contributed by atoms with Crippen molar-refractivity contribution in [2.24, 2.45) is 0 Å². The van der Waals surface area contributed by atoms with Gasteiger partial charge in [0.15, 0.2) is 0 Å². The highest BCUT2D eigenvalue weighted by Crippen LogP contribution is 2.24. The van der Waals surface area contributed by atoms with Crippen molar-refractivity contribution in [3.05, 3.63) is 34.7 Å². The van der Waals surface area contributed by atoms with Crippen molar-refractivity contribution >= 4 is 5.91 Å². The SMILES string of the molecule is Cc1ncc(C(=O)NC[C@@H]2C[C@H](F)CN2Cc2c(C)noc2C)[nH]1. The maximum atomic E-state index is 13.9. The number of alkyl halides is 1. The molecular weight excluding hydrogens is 313 g/mol. The number of amides is 1. The molecule has 2 atom stereocenters. The number of nitrogens with zero attached hydrogens (tertiary/aromatic N) is 3. The molecule has 1 aliphatic rings.